The van der Waals surface area contributed by atoms with Crippen LogP contribution in [0.5, 0.6) is 0 Å². The molecule has 2 nitrogen and oxygen atoms in total. The van der Waals surface area contributed by atoms with E-state index in [-0.39, 0.29) is 0 Å². The van der Waals surface area contributed by atoms with Crippen LogP contribution in [0.2, 0.25) is 0 Å². The second kappa shape index (κ2) is 5.73. The van der Waals surface area contributed by atoms with Gasteiger partial charge in [0.05, 0.1) is 0 Å². The maximum absolute atomic E-state index is 3.69. The molecule has 4 bridgehead atoms. The van der Waals surface area contributed by atoms with Crippen molar-refractivity contribution in [3.8, 4) is 0 Å². The zero-order valence-electron chi connectivity index (χ0n) is 13.0. The molecule has 4 fully saturated rings. The van der Waals surface area contributed by atoms with Gasteiger partial charge < -0.3 is 10.2 Å². The van der Waals surface area contributed by atoms with Gasteiger partial charge in [-0.15, -0.1) is 0 Å². The van der Waals surface area contributed by atoms with E-state index in [1.807, 2.05) is 0 Å². The van der Waals surface area contributed by atoms with Crippen molar-refractivity contribution in [1.82, 2.24) is 10.2 Å². The lowest BCUT2D eigenvalue weighted by atomic mass is 9.49. The lowest BCUT2D eigenvalue weighted by molar-refractivity contribution is -0.0567. The molecule has 0 amide bonds. The average molecular weight is 264 g/mol. The molecule has 0 spiro atoms. The Labute approximate surface area is 119 Å². The van der Waals surface area contributed by atoms with E-state index in [9.17, 15) is 0 Å². The summed E-state index contributed by atoms with van der Waals surface area (Å²) in [4.78, 5) is 2.28. The third-order valence-corrected chi connectivity index (χ3v) is 5.96. The smallest absolute Gasteiger partial charge is 0.00127 e. The van der Waals surface area contributed by atoms with Gasteiger partial charge >= 0.3 is 0 Å². The number of hydrogen-bond donors (Lipinski definition) is 1. The van der Waals surface area contributed by atoms with Crippen LogP contribution in [0.1, 0.15) is 51.4 Å². The molecule has 0 aromatic heterocycles. The molecule has 0 atom stereocenters. The van der Waals surface area contributed by atoms with Gasteiger partial charge in [-0.05, 0) is 108 Å². The van der Waals surface area contributed by atoms with E-state index in [2.05, 4.69) is 24.3 Å². The van der Waals surface area contributed by atoms with Crippen molar-refractivity contribution >= 4 is 0 Å². The van der Waals surface area contributed by atoms with Gasteiger partial charge in [-0.3, -0.25) is 0 Å². The molecule has 0 unspecified atom stereocenters. The summed E-state index contributed by atoms with van der Waals surface area (Å²) in [6, 6.07) is 0. The predicted octanol–water partition coefficient (Wildman–Crippen LogP) is 3.13. The van der Waals surface area contributed by atoms with Crippen LogP contribution in [0.4, 0.5) is 0 Å². The van der Waals surface area contributed by atoms with Crippen molar-refractivity contribution in [2.75, 3.05) is 33.7 Å². The fourth-order valence-electron chi connectivity index (χ4n) is 5.60. The summed E-state index contributed by atoms with van der Waals surface area (Å²) in [7, 11) is 4.32. The van der Waals surface area contributed by atoms with Crippen LogP contribution in [0.25, 0.3) is 0 Å². The Morgan fingerprint density at radius 3 is 2.05 bits per heavy atom. The normalized spacial score (nSPS) is 40.3. The summed E-state index contributed by atoms with van der Waals surface area (Å²) >= 11 is 0. The summed E-state index contributed by atoms with van der Waals surface area (Å²) in [6.07, 6.45) is 12.2. The summed E-state index contributed by atoms with van der Waals surface area (Å²) in [5.41, 5.74) is 0.767. The Balaban J connectivity index is 1.38. The lowest BCUT2D eigenvalue weighted by Crippen LogP contribution is -2.47. The summed E-state index contributed by atoms with van der Waals surface area (Å²) in [5.74, 6) is 3.33. The van der Waals surface area contributed by atoms with Gasteiger partial charge in [-0.2, -0.15) is 0 Å². The predicted molar refractivity (Wildman–Crippen MR) is 81.3 cm³/mol. The third-order valence-electron chi connectivity index (χ3n) is 5.96. The first-order valence-electron chi connectivity index (χ1n) is 8.51. The number of nitrogens with one attached hydrogen (secondary N) is 1. The molecule has 0 saturated heterocycles. The largest absolute Gasteiger partial charge is 0.317 e. The first kappa shape index (κ1) is 13.9. The van der Waals surface area contributed by atoms with Gasteiger partial charge in [-0.25, -0.2) is 0 Å². The second-order valence-corrected chi connectivity index (χ2v) is 8.07. The third kappa shape index (κ3) is 3.33. The molecule has 4 rings (SSSR count). The molecule has 4 aliphatic carbocycles. The van der Waals surface area contributed by atoms with Crippen LogP contribution < -0.4 is 5.32 Å². The minimum atomic E-state index is 0.767. The van der Waals surface area contributed by atoms with Crippen molar-refractivity contribution in [2.24, 2.45) is 23.2 Å². The summed E-state index contributed by atoms with van der Waals surface area (Å²) in [6.45, 7) is 3.68. The summed E-state index contributed by atoms with van der Waals surface area (Å²) in [5, 5.41) is 3.69. The van der Waals surface area contributed by atoms with Crippen LogP contribution in [0.15, 0.2) is 0 Å². The van der Waals surface area contributed by atoms with Crippen molar-refractivity contribution in [2.45, 2.75) is 51.4 Å². The molecular weight excluding hydrogens is 232 g/mol. The van der Waals surface area contributed by atoms with Crippen molar-refractivity contribution in [3.63, 3.8) is 0 Å². The lowest BCUT2D eigenvalue weighted by Gasteiger charge is -2.57. The van der Waals surface area contributed by atoms with Crippen LogP contribution in [-0.4, -0.2) is 38.6 Å². The highest BCUT2D eigenvalue weighted by Gasteiger charge is 2.50. The fraction of sp³-hybridized carbons (Fsp3) is 1.00. The van der Waals surface area contributed by atoms with Gasteiger partial charge in [-0.1, -0.05) is 0 Å². The van der Waals surface area contributed by atoms with Gasteiger partial charge in [0.15, 0.2) is 0 Å². The number of hydrogen-bond acceptors (Lipinski definition) is 2. The Morgan fingerprint density at radius 2 is 1.53 bits per heavy atom. The van der Waals surface area contributed by atoms with Gasteiger partial charge in [0, 0.05) is 0 Å². The average Bonchev–Trinajstić information content (AvgIpc) is 2.31. The van der Waals surface area contributed by atoms with Crippen molar-refractivity contribution in [3.05, 3.63) is 0 Å². The van der Waals surface area contributed by atoms with E-state index in [1.165, 1.54) is 32.5 Å². The van der Waals surface area contributed by atoms with Crippen LogP contribution in [0, 0.1) is 23.2 Å². The zero-order valence-corrected chi connectivity index (χ0v) is 13.0. The number of nitrogens with zero attached hydrogens (tertiary/aromatic N) is 1. The standard InChI is InChI=1S/C17H32N2/c1-19(2)7-3-5-18-6-4-17-11-14-8-15(12-17)10-16(9-14)13-17/h14-16,18H,3-13H2,1-2H3. The van der Waals surface area contributed by atoms with E-state index in [1.54, 1.807) is 38.5 Å². The molecule has 4 aliphatic rings. The SMILES string of the molecule is CN(C)CCCNCCC12CC3CC(CC(C3)C1)C2. The highest BCUT2D eigenvalue weighted by Crippen LogP contribution is 2.61. The van der Waals surface area contributed by atoms with Crippen LogP contribution in [0.3, 0.4) is 0 Å². The molecule has 0 heterocycles. The molecule has 0 aromatic carbocycles. The molecule has 2 heteroatoms. The maximum atomic E-state index is 3.69. The first-order valence-corrected chi connectivity index (χ1v) is 8.51. The second-order valence-electron chi connectivity index (χ2n) is 8.07. The minimum Gasteiger partial charge on any atom is -0.317 e. The van der Waals surface area contributed by atoms with E-state index in [4.69, 9.17) is 0 Å². The monoisotopic (exact) mass is 264 g/mol. The van der Waals surface area contributed by atoms with Crippen LogP contribution >= 0.6 is 0 Å². The zero-order chi connectivity index (χ0) is 13.3. The maximum Gasteiger partial charge on any atom is -0.00127 e. The van der Waals surface area contributed by atoms with E-state index >= 15 is 0 Å². The Morgan fingerprint density at radius 1 is 0.947 bits per heavy atom. The molecule has 1 N–H and O–H groups in total. The van der Waals surface area contributed by atoms with Gasteiger partial charge in [0.1, 0.15) is 0 Å². The number of rotatable bonds is 7. The highest BCUT2D eigenvalue weighted by molar-refractivity contribution is 5.01. The Bertz CT molecular complexity index is 262. The summed E-state index contributed by atoms with van der Waals surface area (Å²) < 4.78 is 0. The van der Waals surface area contributed by atoms with Crippen LogP contribution in [-0.2, 0) is 0 Å². The quantitative estimate of drug-likeness (QED) is 0.711. The van der Waals surface area contributed by atoms with Gasteiger partial charge in [0.2, 0.25) is 0 Å². The topological polar surface area (TPSA) is 15.3 Å². The van der Waals surface area contributed by atoms with E-state index < -0.39 is 0 Å². The molecular formula is C17H32N2. The molecule has 0 aliphatic heterocycles. The van der Waals surface area contributed by atoms with Gasteiger partial charge in [0.25, 0.3) is 0 Å². The Kier molecular flexibility index (Phi) is 4.19. The highest BCUT2D eigenvalue weighted by atomic mass is 15.1. The molecule has 19 heavy (non-hydrogen) atoms. The van der Waals surface area contributed by atoms with E-state index in [0.29, 0.717) is 0 Å². The fourth-order valence-corrected chi connectivity index (χ4v) is 5.60. The van der Waals surface area contributed by atoms with Crippen molar-refractivity contribution < 1.29 is 0 Å². The van der Waals surface area contributed by atoms with Crippen molar-refractivity contribution in [1.29, 1.82) is 0 Å². The molecule has 4 saturated carbocycles. The first-order chi connectivity index (χ1) is 9.15. The minimum absolute atomic E-state index is 0.767. The molecule has 110 valence electrons. The van der Waals surface area contributed by atoms with E-state index in [0.717, 1.165) is 23.2 Å². The molecule has 0 radical (unpaired) electrons. The Hall–Kier alpha value is -0.0800. The molecule has 0 aromatic rings.